The third kappa shape index (κ3) is 2.16. The van der Waals surface area contributed by atoms with Crippen molar-refractivity contribution >= 4 is 16.9 Å². The lowest BCUT2D eigenvalue weighted by atomic mass is 10.1. The third-order valence-corrected chi connectivity index (χ3v) is 2.67. The maximum atomic E-state index is 13.8. The number of ether oxygens (including phenoxy) is 3. The van der Waals surface area contributed by atoms with Crippen LogP contribution >= 0.6 is 0 Å². The highest BCUT2D eigenvalue weighted by Gasteiger charge is 2.18. The smallest absolute Gasteiger partial charge is 0.356 e. The highest BCUT2D eigenvalue weighted by atomic mass is 19.1. The van der Waals surface area contributed by atoms with Crippen molar-refractivity contribution in [3.05, 3.63) is 29.7 Å². The Morgan fingerprint density at radius 3 is 2.42 bits per heavy atom. The van der Waals surface area contributed by atoms with Gasteiger partial charge >= 0.3 is 5.97 Å². The van der Waals surface area contributed by atoms with Crippen LogP contribution in [0.2, 0.25) is 0 Å². The Hall–Kier alpha value is -2.37. The van der Waals surface area contributed by atoms with Gasteiger partial charge in [0.05, 0.1) is 26.7 Å². The Kier molecular flexibility index (Phi) is 3.50. The van der Waals surface area contributed by atoms with E-state index in [-0.39, 0.29) is 11.2 Å². The molecular weight excluding hydrogens is 253 g/mol. The third-order valence-electron chi connectivity index (χ3n) is 2.67. The maximum Gasteiger partial charge on any atom is 0.356 e. The van der Waals surface area contributed by atoms with Crippen LogP contribution in [0.4, 0.5) is 4.39 Å². The van der Waals surface area contributed by atoms with E-state index in [1.54, 1.807) is 0 Å². The van der Waals surface area contributed by atoms with Crippen LogP contribution in [0.5, 0.6) is 11.5 Å². The first-order valence-electron chi connectivity index (χ1n) is 5.42. The molecule has 0 radical (unpaired) electrons. The summed E-state index contributed by atoms with van der Waals surface area (Å²) in [7, 11) is 4.10. The van der Waals surface area contributed by atoms with E-state index >= 15 is 0 Å². The van der Waals surface area contributed by atoms with Crippen molar-refractivity contribution in [2.75, 3.05) is 21.3 Å². The summed E-state index contributed by atoms with van der Waals surface area (Å²) >= 11 is 0. The molecule has 0 aliphatic heterocycles. The Bertz CT molecular complexity index is 642. The number of carbonyl (C=O) groups excluding carboxylic acids is 1. The Labute approximate surface area is 108 Å². The normalized spacial score (nSPS) is 10.3. The predicted molar refractivity (Wildman–Crippen MR) is 66.1 cm³/mol. The molecule has 0 fully saturated rings. The van der Waals surface area contributed by atoms with Gasteiger partial charge in [-0.1, -0.05) is 0 Å². The van der Waals surface area contributed by atoms with E-state index in [9.17, 15) is 9.18 Å². The number of nitrogens with zero attached hydrogens (tertiary/aromatic N) is 1. The van der Waals surface area contributed by atoms with E-state index in [1.165, 1.54) is 39.5 Å². The number of rotatable bonds is 3. The lowest BCUT2D eigenvalue weighted by molar-refractivity contribution is 0.0594. The standard InChI is InChI=1S/C13H12FNO4/c1-17-9-5-4-7(14)12-11(9)10(18-2)6-8(15-12)13(16)19-3/h4-6H,1-3H3. The van der Waals surface area contributed by atoms with Crippen molar-refractivity contribution in [1.29, 1.82) is 0 Å². The van der Waals surface area contributed by atoms with Gasteiger partial charge in [-0.2, -0.15) is 0 Å². The molecule has 0 aliphatic carbocycles. The first-order valence-corrected chi connectivity index (χ1v) is 5.42. The number of halogens is 1. The lowest BCUT2D eigenvalue weighted by Crippen LogP contribution is -2.06. The minimum absolute atomic E-state index is 0.000833. The molecular formula is C13H12FNO4. The van der Waals surface area contributed by atoms with Gasteiger partial charge in [0.15, 0.2) is 5.69 Å². The van der Waals surface area contributed by atoms with Crippen LogP contribution < -0.4 is 9.47 Å². The second-order valence-corrected chi connectivity index (χ2v) is 3.67. The van der Waals surface area contributed by atoms with E-state index in [0.29, 0.717) is 16.9 Å². The molecule has 2 rings (SSSR count). The van der Waals surface area contributed by atoms with Gasteiger partial charge in [-0.25, -0.2) is 14.2 Å². The maximum absolute atomic E-state index is 13.8. The molecule has 0 atom stereocenters. The molecule has 0 amide bonds. The topological polar surface area (TPSA) is 57.7 Å². The first-order chi connectivity index (χ1) is 9.12. The van der Waals surface area contributed by atoms with Crippen LogP contribution in [0.25, 0.3) is 10.9 Å². The van der Waals surface area contributed by atoms with Gasteiger partial charge in [-0.05, 0) is 12.1 Å². The second-order valence-electron chi connectivity index (χ2n) is 3.67. The van der Waals surface area contributed by atoms with Crippen LogP contribution in [-0.2, 0) is 4.74 Å². The molecule has 0 unspecified atom stereocenters. The zero-order valence-corrected chi connectivity index (χ0v) is 10.7. The molecule has 0 N–H and O–H groups in total. The van der Waals surface area contributed by atoms with Gasteiger partial charge in [0, 0.05) is 6.07 Å². The minimum Gasteiger partial charge on any atom is -0.496 e. The Balaban J connectivity index is 2.83. The molecule has 0 spiro atoms. The van der Waals surface area contributed by atoms with Crippen LogP contribution in [0.1, 0.15) is 10.5 Å². The molecule has 1 aromatic heterocycles. The van der Waals surface area contributed by atoms with Gasteiger partial charge in [0.25, 0.3) is 0 Å². The molecule has 2 aromatic rings. The molecule has 1 heterocycles. The van der Waals surface area contributed by atoms with Gasteiger partial charge in [-0.15, -0.1) is 0 Å². The van der Waals surface area contributed by atoms with E-state index in [2.05, 4.69) is 9.72 Å². The highest BCUT2D eigenvalue weighted by Crippen LogP contribution is 2.35. The van der Waals surface area contributed by atoms with Crippen molar-refractivity contribution in [3.63, 3.8) is 0 Å². The fourth-order valence-corrected chi connectivity index (χ4v) is 1.78. The number of esters is 1. The number of fused-ring (bicyclic) bond motifs is 1. The highest BCUT2D eigenvalue weighted by molar-refractivity contribution is 5.97. The van der Waals surface area contributed by atoms with E-state index < -0.39 is 11.8 Å². The number of carbonyl (C=O) groups is 1. The minimum atomic E-state index is -0.664. The number of methoxy groups -OCH3 is 3. The zero-order valence-electron chi connectivity index (χ0n) is 10.7. The number of hydrogen-bond acceptors (Lipinski definition) is 5. The van der Waals surface area contributed by atoms with Gasteiger partial charge in [0.1, 0.15) is 22.8 Å². The molecule has 1 aromatic carbocycles. The summed E-state index contributed by atoms with van der Waals surface area (Å²) in [6.07, 6.45) is 0. The van der Waals surface area contributed by atoms with E-state index in [4.69, 9.17) is 9.47 Å². The fourth-order valence-electron chi connectivity index (χ4n) is 1.78. The van der Waals surface area contributed by atoms with Crippen molar-refractivity contribution < 1.29 is 23.4 Å². The van der Waals surface area contributed by atoms with Crippen molar-refractivity contribution in [3.8, 4) is 11.5 Å². The monoisotopic (exact) mass is 265 g/mol. The molecule has 6 heteroatoms. The zero-order chi connectivity index (χ0) is 14.0. The second kappa shape index (κ2) is 5.09. The predicted octanol–water partition coefficient (Wildman–Crippen LogP) is 2.18. The Morgan fingerprint density at radius 2 is 1.84 bits per heavy atom. The number of hydrogen-bond donors (Lipinski definition) is 0. The van der Waals surface area contributed by atoms with Crippen LogP contribution in [0, 0.1) is 5.82 Å². The summed E-state index contributed by atoms with van der Waals surface area (Å²) in [6, 6.07) is 4.07. The van der Waals surface area contributed by atoms with Gasteiger partial charge in [-0.3, -0.25) is 0 Å². The average molecular weight is 265 g/mol. The largest absolute Gasteiger partial charge is 0.496 e. The molecule has 19 heavy (non-hydrogen) atoms. The fraction of sp³-hybridized carbons (Fsp3) is 0.231. The number of benzene rings is 1. The van der Waals surface area contributed by atoms with Gasteiger partial charge in [0.2, 0.25) is 0 Å². The van der Waals surface area contributed by atoms with Crippen molar-refractivity contribution in [1.82, 2.24) is 4.98 Å². The molecule has 5 nitrogen and oxygen atoms in total. The SMILES string of the molecule is COC(=O)c1cc(OC)c2c(OC)ccc(F)c2n1. The first kappa shape index (κ1) is 13.1. The molecule has 0 saturated heterocycles. The summed E-state index contributed by atoms with van der Waals surface area (Å²) < 4.78 is 28.7. The lowest BCUT2D eigenvalue weighted by Gasteiger charge is -2.11. The number of aromatic nitrogens is 1. The molecule has 100 valence electrons. The van der Waals surface area contributed by atoms with Crippen LogP contribution in [-0.4, -0.2) is 32.3 Å². The van der Waals surface area contributed by atoms with Crippen molar-refractivity contribution in [2.45, 2.75) is 0 Å². The number of pyridine rings is 1. The van der Waals surface area contributed by atoms with Gasteiger partial charge < -0.3 is 14.2 Å². The average Bonchev–Trinajstić information content (AvgIpc) is 2.46. The molecule has 0 saturated carbocycles. The quantitative estimate of drug-likeness (QED) is 0.796. The van der Waals surface area contributed by atoms with Crippen LogP contribution in [0.3, 0.4) is 0 Å². The van der Waals surface area contributed by atoms with E-state index in [1.807, 2.05) is 0 Å². The summed E-state index contributed by atoms with van der Waals surface area (Å²) in [5.74, 6) is -0.527. The summed E-state index contributed by atoms with van der Waals surface area (Å²) in [6.45, 7) is 0. The van der Waals surface area contributed by atoms with Crippen molar-refractivity contribution in [2.24, 2.45) is 0 Å². The summed E-state index contributed by atoms with van der Waals surface area (Å²) in [5, 5.41) is 0.373. The molecule has 0 aliphatic rings. The Morgan fingerprint density at radius 1 is 1.16 bits per heavy atom. The van der Waals surface area contributed by atoms with E-state index in [0.717, 1.165) is 0 Å². The summed E-state index contributed by atoms with van der Waals surface area (Å²) in [5.41, 5.74) is -0.0295. The van der Waals surface area contributed by atoms with Crippen LogP contribution in [0.15, 0.2) is 18.2 Å². The summed E-state index contributed by atoms with van der Waals surface area (Å²) in [4.78, 5) is 15.5. The molecule has 0 bridgehead atoms.